The fraction of sp³-hybridized carbons (Fsp3) is 0. The van der Waals surface area contributed by atoms with E-state index in [1.807, 2.05) is 72.8 Å². The van der Waals surface area contributed by atoms with E-state index in [9.17, 15) is 10.5 Å². The van der Waals surface area contributed by atoms with Crippen molar-refractivity contribution in [2.24, 2.45) is 0 Å². The monoisotopic (exact) mass is 536 g/mol. The zero-order valence-electron chi connectivity index (χ0n) is 22.3. The van der Waals surface area contributed by atoms with Gasteiger partial charge in [-0.1, -0.05) is 54.6 Å². The SMILES string of the molecule is N#Cc1ccc2oc3cccc(-c4cc(-c5ccc6oc7ccccc7c6c5)cc(-c5ccccc5C#N)c4)c3c2c1. The summed E-state index contributed by atoms with van der Waals surface area (Å²) in [5.74, 6) is 0. The van der Waals surface area contributed by atoms with Crippen LogP contribution in [0.3, 0.4) is 0 Å². The summed E-state index contributed by atoms with van der Waals surface area (Å²) >= 11 is 0. The molecule has 0 saturated heterocycles. The van der Waals surface area contributed by atoms with Crippen LogP contribution in [0, 0.1) is 22.7 Å². The average molecular weight is 537 g/mol. The third kappa shape index (κ3) is 3.68. The fourth-order valence-electron chi connectivity index (χ4n) is 5.98. The number of nitriles is 2. The summed E-state index contributed by atoms with van der Waals surface area (Å²) in [6.45, 7) is 0. The topological polar surface area (TPSA) is 73.9 Å². The number of hydrogen-bond donors (Lipinski definition) is 0. The van der Waals surface area contributed by atoms with E-state index in [4.69, 9.17) is 8.83 Å². The van der Waals surface area contributed by atoms with Crippen molar-refractivity contribution < 1.29 is 8.83 Å². The number of nitrogens with zero attached hydrogens (tertiary/aromatic N) is 2. The zero-order chi connectivity index (χ0) is 28.2. The molecule has 0 spiro atoms. The van der Waals surface area contributed by atoms with Gasteiger partial charge in [-0.3, -0.25) is 0 Å². The Hall–Kier alpha value is -6.10. The second kappa shape index (κ2) is 9.24. The van der Waals surface area contributed by atoms with Crippen molar-refractivity contribution in [3.63, 3.8) is 0 Å². The minimum Gasteiger partial charge on any atom is -0.456 e. The minimum atomic E-state index is 0.582. The lowest BCUT2D eigenvalue weighted by molar-refractivity contribution is 0.668. The van der Waals surface area contributed by atoms with E-state index in [0.717, 1.165) is 77.3 Å². The number of para-hydroxylation sites is 1. The van der Waals surface area contributed by atoms with Gasteiger partial charge < -0.3 is 8.83 Å². The Morgan fingerprint density at radius 1 is 0.429 bits per heavy atom. The van der Waals surface area contributed by atoms with E-state index in [-0.39, 0.29) is 0 Å². The van der Waals surface area contributed by atoms with Crippen molar-refractivity contribution >= 4 is 43.9 Å². The third-order valence-electron chi connectivity index (χ3n) is 7.94. The Labute approximate surface area is 240 Å². The molecule has 0 bridgehead atoms. The van der Waals surface area contributed by atoms with Gasteiger partial charge in [0.05, 0.1) is 23.3 Å². The molecule has 0 N–H and O–H groups in total. The lowest BCUT2D eigenvalue weighted by Crippen LogP contribution is -1.89. The van der Waals surface area contributed by atoms with Crippen molar-refractivity contribution in [3.8, 4) is 45.5 Å². The molecule has 0 radical (unpaired) electrons. The van der Waals surface area contributed by atoms with Gasteiger partial charge in [-0.25, -0.2) is 0 Å². The molecule has 0 fully saturated rings. The predicted octanol–water partition coefficient (Wildman–Crippen LogP) is 10.2. The van der Waals surface area contributed by atoms with Crippen molar-refractivity contribution in [2.45, 2.75) is 0 Å². The highest BCUT2D eigenvalue weighted by Crippen LogP contribution is 2.41. The van der Waals surface area contributed by atoms with E-state index < -0.39 is 0 Å². The first-order chi connectivity index (χ1) is 20.7. The highest BCUT2D eigenvalue weighted by Gasteiger charge is 2.17. The van der Waals surface area contributed by atoms with Crippen LogP contribution in [0.25, 0.3) is 77.3 Å². The number of furan rings is 2. The maximum atomic E-state index is 9.93. The van der Waals surface area contributed by atoms with Gasteiger partial charge in [-0.2, -0.15) is 10.5 Å². The van der Waals surface area contributed by atoms with Crippen LogP contribution in [0.2, 0.25) is 0 Å². The lowest BCUT2D eigenvalue weighted by atomic mass is 9.90. The normalized spacial score (nSPS) is 11.3. The van der Waals surface area contributed by atoms with E-state index in [1.54, 1.807) is 6.07 Å². The number of fused-ring (bicyclic) bond motifs is 6. The first-order valence-corrected chi connectivity index (χ1v) is 13.6. The van der Waals surface area contributed by atoms with Crippen LogP contribution in [0.15, 0.2) is 130 Å². The van der Waals surface area contributed by atoms with Crippen molar-refractivity contribution in [3.05, 3.63) is 132 Å². The molecule has 4 nitrogen and oxygen atoms in total. The molecule has 0 aliphatic carbocycles. The van der Waals surface area contributed by atoms with E-state index in [2.05, 4.69) is 54.6 Å². The maximum Gasteiger partial charge on any atom is 0.136 e. The lowest BCUT2D eigenvalue weighted by Gasteiger charge is -2.13. The maximum absolute atomic E-state index is 9.93. The van der Waals surface area contributed by atoms with Gasteiger partial charge in [0.1, 0.15) is 22.3 Å². The molecular weight excluding hydrogens is 516 g/mol. The summed E-state index contributed by atoms with van der Waals surface area (Å²) in [7, 11) is 0. The molecule has 0 aliphatic rings. The van der Waals surface area contributed by atoms with Gasteiger partial charge in [0.2, 0.25) is 0 Å². The molecule has 0 saturated carbocycles. The van der Waals surface area contributed by atoms with Gasteiger partial charge >= 0.3 is 0 Å². The molecular formula is C38H20N2O2. The minimum absolute atomic E-state index is 0.582. The second-order valence-corrected chi connectivity index (χ2v) is 10.4. The van der Waals surface area contributed by atoms with Crippen LogP contribution in [-0.4, -0.2) is 0 Å². The summed E-state index contributed by atoms with van der Waals surface area (Å²) in [5, 5.41) is 23.5. The Bertz CT molecular complexity index is 2450. The quantitative estimate of drug-likeness (QED) is 0.225. The van der Waals surface area contributed by atoms with E-state index in [0.29, 0.717) is 11.1 Å². The predicted molar refractivity (Wildman–Crippen MR) is 167 cm³/mol. The van der Waals surface area contributed by atoms with Crippen LogP contribution in [0.4, 0.5) is 0 Å². The fourth-order valence-corrected chi connectivity index (χ4v) is 5.98. The molecule has 0 aliphatic heterocycles. The molecule has 2 aromatic heterocycles. The molecule has 0 unspecified atom stereocenters. The highest BCUT2D eigenvalue weighted by molar-refractivity contribution is 6.13. The van der Waals surface area contributed by atoms with Crippen LogP contribution >= 0.6 is 0 Å². The van der Waals surface area contributed by atoms with E-state index >= 15 is 0 Å². The molecule has 2 heterocycles. The van der Waals surface area contributed by atoms with Gasteiger partial charge in [0.15, 0.2) is 0 Å². The molecule has 6 aromatic carbocycles. The first kappa shape index (κ1) is 23.8. The summed E-state index contributed by atoms with van der Waals surface area (Å²) in [6.07, 6.45) is 0. The summed E-state index contributed by atoms with van der Waals surface area (Å²) in [4.78, 5) is 0. The molecule has 42 heavy (non-hydrogen) atoms. The Kier molecular flexibility index (Phi) is 5.22. The van der Waals surface area contributed by atoms with Gasteiger partial charge in [-0.15, -0.1) is 0 Å². The highest BCUT2D eigenvalue weighted by atomic mass is 16.3. The number of benzene rings is 6. The molecule has 0 atom stereocenters. The summed E-state index contributed by atoms with van der Waals surface area (Å²) < 4.78 is 12.3. The molecule has 194 valence electrons. The largest absolute Gasteiger partial charge is 0.456 e. The van der Waals surface area contributed by atoms with Crippen LogP contribution in [-0.2, 0) is 0 Å². The van der Waals surface area contributed by atoms with E-state index in [1.165, 1.54) is 0 Å². The van der Waals surface area contributed by atoms with Crippen LogP contribution in [0.1, 0.15) is 11.1 Å². The molecule has 0 amide bonds. The third-order valence-corrected chi connectivity index (χ3v) is 7.94. The van der Waals surface area contributed by atoms with Gasteiger partial charge in [-0.05, 0) is 100 Å². The number of rotatable bonds is 3. The summed E-state index contributed by atoms with van der Waals surface area (Å²) in [6, 6.07) is 44.6. The second-order valence-electron chi connectivity index (χ2n) is 10.4. The Morgan fingerprint density at radius 2 is 1.10 bits per heavy atom. The van der Waals surface area contributed by atoms with Gasteiger partial charge in [0.25, 0.3) is 0 Å². The average Bonchev–Trinajstić information content (AvgIpc) is 3.62. The Morgan fingerprint density at radius 3 is 1.98 bits per heavy atom. The van der Waals surface area contributed by atoms with Crippen molar-refractivity contribution in [1.82, 2.24) is 0 Å². The first-order valence-electron chi connectivity index (χ1n) is 13.6. The standard InChI is InChI=1S/C38H20N2O2/c39-21-23-12-14-36-33(16-23)38-30(9-5-11-37(38)42-36)28-18-26(17-27(19-28)29-7-2-1-6-25(29)22-40)24-13-15-35-32(20-24)31-8-3-4-10-34(31)41-35/h1-20H. The van der Waals surface area contributed by atoms with Crippen molar-refractivity contribution in [1.29, 1.82) is 10.5 Å². The molecule has 8 aromatic rings. The summed E-state index contributed by atoms with van der Waals surface area (Å²) in [5.41, 5.74) is 10.2. The molecule has 4 heteroatoms. The zero-order valence-corrected chi connectivity index (χ0v) is 22.3. The molecule has 8 rings (SSSR count). The van der Waals surface area contributed by atoms with Crippen LogP contribution < -0.4 is 0 Å². The number of hydrogen-bond acceptors (Lipinski definition) is 4. The smallest absolute Gasteiger partial charge is 0.136 e. The Balaban J connectivity index is 1.42. The van der Waals surface area contributed by atoms with Crippen molar-refractivity contribution in [2.75, 3.05) is 0 Å². The van der Waals surface area contributed by atoms with Gasteiger partial charge in [0, 0.05) is 21.5 Å². The van der Waals surface area contributed by atoms with Crippen LogP contribution in [0.5, 0.6) is 0 Å².